The van der Waals surface area contributed by atoms with E-state index in [0.717, 1.165) is 6.07 Å². The molecule has 0 radical (unpaired) electrons. The first-order chi connectivity index (χ1) is 15.2. The first-order valence-electron chi connectivity index (χ1n) is 9.61. The smallest absolute Gasteiger partial charge is 0.270 e. The highest BCUT2D eigenvalue weighted by Gasteiger charge is 2.27. The Bertz CT molecular complexity index is 1100. The monoisotopic (exact) mass is 466 g/mol. The molecule has 0 aliphatic carbocycles. The normalized spacial score (nSPS) is 11.6. The third-order valence-electron chi connectivity index (χ3n) is 4.62. The van der Waals surface area contributed by atoms with Crippen LogP contribution in [0.5, 0.6) is 17.2 Å². The average molecular weight is 467 g/mol. The summed E-state index contributed by atoms with van der Waals surface area (Å²) < 4.78 is 43.1. The van der Waals surface area contributed by atoms with Crippen LogP contribution in [-0.4, -0.2) is 58.3 Å². The summed E-state index contributed by atoms with van der Waals surface area (Å²) in [5.41, 5.74) is 2.96. The molecule has 0 fully saturated rings. The van der Waals surface area contributed by atoms with Gasteiger partial charge in [-0.1, -0.05) is 13.8 Å². The van der Waals surface area contributed by atoms with Gasteiger partial charge in [0.25, 0.3) is 5.69 Å². The number of nitrogens with one attached hydrogen (secondary N) is 1. The number of benzene rings is 2. The summed E-state index contributed by atoms with van der Waals surface area (Å²) in [5, 5.41) is 15.3. The highest BCUT2D eigenvalue weighted by atomic mass is 32.2. The molecule has 11 nitrogen and oxygen atoms in total. The fourth-order valence-corrected chi connectivity index (χ4v) is 4.58. The number of ether oxygens (including phenoxy) is 3. The van der Waals surface area contributed by atoms with Crippen molar-refractivity contribution in [2.45, 2.75) is 18.7 Å². The van der Waals surface area contributed by atoms with E-state index in [1.165, 1.54) is 44.0 Å². The van der Waals surface area contributed by atoms with E-state index < -0.39 is 14.9 Å². The minimum absolute atomic E-state index is 0.0955. The van der Waals surface area contributed by atoms with Gasteiger partial charge in [0.05, 0.1) is 38.2 Å². The summed E-state index contributed by atoms with van der Waals surface area (Å²) in [7, 11) is 0.489. The van der Waals surface area contributed by atoms with Gasteiger partial charge in [-0.2, -0.15) is 9.41 Å². The summed E-state index contributed by atoms with van der Waals surface area (Å²) in [6.45, 7) is 3.81. The number of rotatable bonds is 11. The van der Waals surface area contributed by atoms with Crippen molar-refractivity contribution in [2.75, 3.05) is 39.8 Å². The molecule has 2 rings (SSSR count). The lowest BCUT2D eigenvalue weighted by Gasteiger charge is -2.20. The average Bonchev–Trinajstić information content (AvgIpc) is 2.79. The molecular formula is C20H26N4O7S. The maximum Gasteiger partial charge on any atom is 0.270 e. The van der Waals surface area contributed by atoms with E-state index in [4.69, 9.17) is 14.2 Å². The second kappa shape index (κ2) is 10.8. The summed E-state index contributed by atoms with van der Waals surface area (Å²) in [6.07, 6.45) is 1.41. The van der Waals surface area contributed by atoms with Crippen LogP contribution in [0.25, 0.3) is 0 Å². The van der Waals surface area contributed by atoms with Crippen molar-refractivity contribution in [1.82, 2.24) is 4.31 Å². The van der Waals surface area contributed by atoms with Gasteiger partial charge < -0.3 is 14.2 Å². The van der Waals surface area contributed by atoms with E-state index in [1.54, 1.807) is 26.0 Å². The fourth-order valence-electron chi connectivity index (χ4n) is 2.96. The van der Waals surface area contributed by atoms with Crippen LogP contribution in [-0.2, 0) is 10.0 Å². The molecule has 174 valence electrons. The third kappa shape index (κ3) is 5.26. The van der Waals surface area contributed by atoms with Gasteiger partial charge in [-0.15, -0.1) is 0 Å². The standard InChI is InChI=1S/C20H26N4O7S/c1-6-23(7-2)32(27,28)20-11-15(24(25)26)8-9-16(20)22-21-13-14-10-18(30-4)19(31-5)12-17(14)29-3/h8-13,22H,6-7H2,1-5H3. The van der Waals surface area contributed by atoms with Crippen LogP contribution in [0.3, 0.4) is 0 Å². The molecule has 1 N–H and O–H groups in total. The van der Waals surface area contributed by atoms with Gasteiger partial charge in [0.2, 0.25) is 10.0 Å². The van der Waals surface area contributed by atoms with E-state index in [1.807, 2.05) is 0 Å². The highest BCUT2D eigenvalue weighted by Crippen LogP contribution is 2.34. The number of nitrogens with zero attached hydrogens (tertiary/aromatic N) is 3. The predicted molar refractivity (Wildman–Crippen MR) is 121 cm³/mol. The van der Waals surface area contributed by atoms with Gasteiger partial charge in [0.1, 0.15) is 10.6 Å². The molecule has 0 atom stereocenters. The molecule has 32 heavy (non-hydrogen) atoms. The molecule has 0 spiro atoms. The Hall–Kier alpha value is -3.38. The van der Waals surface area contributed by atoms with E-state index in [-0.39, 0.29) is 29.4 Å². The van der Waals surface area contributed by atoms with Crippen molar-refractivity contribution in [3.63, 3.8) is 0 Å². The lowest BCUT2D eigenvalue weighted by Crippen LogP contribution is -2.31. The number of nitro benzene ring substituents is 1. The lowest BCUT2D eigenvalue weighted by atomic mass is 10.2. The zero-order valence-corrected chi connectivity index (χ0v) is 19.3. The predicted octanol–water partition coefficient (Wildman–Crippen LogP) is 3.10. The molecule has 0 bridgehead atoms. The van der Waals surface area contributed by atoms with Crippen LogP contribution >= 0.6 is 0 Å². The number of hydrogen-bond acceptors (Lipinski definition) is 9. The lowest BCUT2D eigenvalue weighted by molar-refractivity contribution is -0.385. The number of anilines is 1. The maximum absolute atomic E-state index is 13.0. The van der Waals surface area contributed by atoms with Gasteiger partial charge in [-0.25, -0.2) is 8.42 Å². The van der Waals surface area contributed by atoms with E-state index in [0.29, 0.717) is 22.8 Å². The van der Waals surface area contributed by atoms with E-state index in [9.17, 15) is 18.5 Å². The van der Waals surface area contributed by atoms with E-state index in [2.05, 4.69) is 10.5 Å². The molecule has 0 aliphatic rings. The minimum Gasteiger partial charge on any atom is -0.496 e. The molecule has 0 aromatic heterocycles. The van der Waals surface area contributed by atoms with E-state index >= 15 is 0 Å². The number of non-ortho nitro benzene ring substituents is 1. The Kier molecular flexibility index (Phi) is 8.38. The zero-order chi connectivity index (χ0) is 23.9. The summed E-state index contributed by atoms with van der Waals surface area (Å²) in [5.74, 6) is 1.38. The number of hydrazone groups is 1. The number of nitro groups is 1. The van der Waals surface area contributed by atoms with Crippen molar-refractivity contribution < 1.29 is 27.6 Å². The van der Waals surface area contributed by atoms with Crippen molar-refractivity contribution >= 4 is 27.6 Å². The first kappa shape index (κ1) is 24.9. The summed E-state index contributed by atoms with van der Waals surface area (Å²) in [6, 6.07) is 6.80. The van der Waals surface area contributed by atoms with Gasteiger partial charge in [-0.05, 0) is 12.1 Å². The van der Waals surface area contributed by atoms with Gasteiger partial charge in [0, 0.05) is 36.9 Å². The van der Waals surface area contributed by atoms with Crippen molar-refractivity contribution in [3.8, 4) is 17.2 Å². The highest BCUT2D eigenvalue weighted by molar-refractivity contribution is 7.89. The van der Waals surface area contributed by atoms with Crippen LogP contribution in [0.1, 0.15) is 19.4 Å². The van der Waals surface area contributed by atoms with Crippen molar-refractivity contribution in [2.24, 2.45) is 5.10 Å². The Morgan fingerprint density at radius 3 is 2.16 bits per heavy atom. The van der Waals surface area contributed by atoms with Gasteiger partial charge in [-0.3, -0.25) is 15.5 Å². The van der Waals surface area contributed by atoms with Crippen LogP contribution in [0.15, 0.2) is 40.3 Å². The zero-order valence-electron chi connectivity index (χ0n) is 18.5. The molecule has 0 saturated carbocycles. The quantitative estimate of drug-likeness (QED) is 0.303. The Morgan fingerprint density at radius 1 is 1.03 bits per heavy atom. The molecule has 0 saturated heterocycles. The molecule has 0 amide bonds. The Labute approximate surface area is 186 Å². The molecule has 0 heterocycles. The van der Waals surface area contributed by atoms with Crippen LogP contribution in [0.4, 0.5) is 11.4 Å². The van der Waals surface area contributed by atoms with Crippen LogP contribution in [0, 0.1) is 10.1 Å². The van der Waals surface area contributed by atoms with Crippen LogP contribution in [0.2, 0.25) is 0 Å². The molecule has 0 unspecified atom stereocenters. The Balaban J connectivity index is 2.48. The molecular weight excluding hydrogens is 440 g/mol. The SMILES string of the molecule is CCN(CC)S(=O)(=O)c1cc([N+](=O)[O-])ccc1NN=Cc1cc(OC)c(OC)cc1OC. The second-order valence-electron chi connectivity index (χ2n) is 6.35. The largest absolute Gasteiger partial charge is 0.496 e. The topological polar surface area (TPSA) is 133 Å². The van der Waals surface area contributed by atoms with Gasteiger partial charge >= 0.3 is 0 Å². The minimum atomic E-state index is -3.98. The van der Waals surface area contributed by atoms with Crippen molar-refractivity contribution in [1.29, 1.82) is 0 Å². The van der Waals surface area contributed by atoms with Crippen molar-refractivity contribution in [3.05, 3.63) is 46.0 Å². The summed E-state index contributed by atoms with van der Waals surface area (Å²) in [4.78, 5) is 10.3. The number of hydrogen-bond donors (Lipinski definition) is 1. The summed E-state index contributed by atoms with van der Waals surface area (Å²) >= 11 is 0. The number of methoxy groups -OCH3 is 3. The molecule has 12 heteroatoms. The first-order valence-corrected chi connectivity index (χ1v) is 11.0. The third-order valence-corrected chi connectivity index (χ3v) is 6.71. The van der Waals surface area contributed by atoms with Gasteiger partial charge in [0.15, 0.2) is 11.5 Å². The maximum atomic E-state index is 13.0. The fraction of sp³-hybridized carbons (Fsp3) is 0.350. The molecule has 2 aromatic rings. The second-order valence-corrected chi connectivity index (χ2v) is 8.25. The number of sulfonamides is 1. The Morgan fingerprint density at radius 2 is 1.62 bits per heavy atom. The molecule has 0 aliphatic heterocycles. The molecule has 2 aromatic carbocycles. The van der Waals surface area contributed by atoms with Crippen LogP contribution < -0.4 is 19.6 Å².